The molecule has 4 heteroatoms. The number of aliphatic hydroxyl groups is 1. The lowest BCUT2D eigenvalue weighted by atomic mass is 10.1. The molecule has 0 rings (SSSR count). The fourth-order valence-electron chi connectivity index (χ4n) is 0.971. The molecule has 0 amide bonds. The highest BCUT2D eigenvalue weighted by Gasteiger charge is 2.08. The molecule has 0 fully saturated rings. The lowest BCUT2D eigenvalue weighted by Gasteiger charge is -2.06. The van der Waals surface area contributed by atoms with E-state index >= 15 is 0 Å². The number of hydrogen-bond acceptors (Lipinski definition) is 3. The van der Waals surface area contributed by atoms with Gasteiger partial charge in [-0.05, 0) is 30.8 Å². The van der Waals surface area contributed by atoms with E-state index in [9.17, 15) is 9.90 Å². The summed E-state index contributed by atoms with van der Waals surface area (Å²) >= 11 is 1.86. The molecule has 0 bridgehead atoms. The molecule has 0 aliphatic heterocycles. The van der Waals surface area contributed by atoms with Crippen molar-refractivity contribution in [2.45, 2.75) is 38.7 Å². The van der Waals surface area contributed by atoms with Crippen molar-refractivity contribution >= 4 is 17.7 Å². The molecule has 0 heterocycles. The summed E-state index contributed by atoms with van der Waals surface area (Å²) in [5, 5.41) is 17.5. The van der Waals surface area contributed by atoms with Gasteiger partial charge in [-0.25, -0.2) is 0 Å². The highest BCUT2D eigenvalue weighted by atomic mass is 32.2. The van der Waals surface area contributed by atoms with Crippen molar-refractivity contribution in [2.75, 3.05) is 11.5 Å². The summed E-state index contributed by atoms with van der Waals surface area (Å²) in [7, 11) is 0. The number of thioether (sulfide) groups is 1. The molecule has 3 nitrogen and oxygen atoms in total. The number of aliphatic hydroxyl groups excluding tert-OH is 1. The van der Waals surface area contributed by atoms with E-state index in [-0.39, 0.29) is 6.42 Å². The van der Waals surface area contributed by atoms with Gasteiger partial charge in [0, 0.05) is 0 Å². The van der Waals surface area contributed by atoms with Crippen molar-refractivity contribution < 1.29 is 15.0 Å². The van der Waals surface area contributed by atoms with Crippen LogP contribution in [0.15, 0.2) is 0 Å². The molecule has 0 aromatic rings. The van der Waals surface area contributed by atoms with Gasteiger partial charge in [-0.2, -0.15) is 11.8 Å². The Bertz CT molecular complexity index is 139. The summed E-state index contributed by atoms with van der Waals surface area (Å²) in [5.74, 6) is 1.24. The molecule has 1 atom stereocenters. The van der Waals surface area contributed by atoms with Crippen molar-refractivity contribution in [1.29, 1.82) is 0 Å². The molecule has 0 spiro atoms. The summed E-state index contributed by atoms with van der Waals surface area (Å²) in [5.41, 5.74) is 0. The first kappa shape index (κ1) is 12.8. The monoisotopic (exact) mass is 206 g/mol. The average Bonchev–Trinajstić information content (AvgIpc) is 2.02. The first-order chi connectivity index (χ1) is 6.16. The molecular formula is C9H18O3S. The van der Waals surface area contributed by atoms with Gasteiger partial charge in [0.15, 0.2) is 0 Å². The summed E-state index contributed by atoms with van der Waals surface area (Å²) in [4.78, 5) is 10.2. The quantitative estimate of drug-likeness (QED) is 0.594. The van der Waals surface area contributed by atoms with E-state index in [0.29, 0.717) is 6.42 Å². The third-order valence-corrected chi connectivity index (χ3v) is 2.86. The van der Waals surface area contributed by atoms with Crippen LogP contribution in [-0.2, 0) is 4.79 Å². The SMILES string of the molecule is CCCSCCCC(O)CC(=O)O. The average molecular weight is 206 g/mol. The van der Waals surface area contributed by atoms with E-state index in [1.165, 1.54) is 6.42 Å². The predicted octanol–water partition coefficient (Wildman–Crippen LogP) is 1.75. The molecule has 78 valence electrons. The second kappa shape index (κ2) is 8.38. The Labute approximate surface area is 83.5 Å². The van der Waals surface area contributed by atoms with Crippen LogP contribution in [0.2, 0.25) is 0 Å². The zero-order chi connectivity index (χ0) is 10.1. The standard InChI is InChI=1S/C9H18O3S/c1-2-5-13-6-3-4-8(10)7-9(11)12/h8,10H,2-7H2,1H3,(H,11,12). The maximum absolute atomic E-state index is 10.2. The Morgan fingerprint density at radius 3 is 2.69 bits per heavy atom. The Morgan fingerprint density at radius 2 is 2.15 bits per heavy atom. The van der Waals surface area contributed by atoms with Gasteiger partial charge < -0.3 is 10.2 Å². The maximum Gasteiger partial charge on any atom is 0.305 e. The maximum atomic E-state index is 10.2. The van der Waals surface area contributed by atoms with Gasteiger partial charge in [0.2, 0.25) is 0 Å². The van der Waals surface area contributed by atoms with Gasteiger partial charge >= 0.3 is 5.97 Å². The topological polar surface area (TPSA) is 57.5 Å². The molecule has 0 aromatic carbocycles. The Morgan fingerprint density at radius 1 is 1.46 bits per heavy atom. The highest BCUT2D eigenvalue weighted by molar-refractivity contribution is 7.99. The fourth-order valence-corrected chi connectivity index (χ4v) is 1.83. The van der Waals surface area contributed by atoms with Gasteiger partial charge in [0.05, 0.1) is 12.5 Å². The second-order valence-corrected chi connectivity index (χ2v) is 4.23. The van der Waals surface area contributed by atoms with Crippen LogP contribution in [0.5, 0.6) is 0 Å². The molecule has 0 aliphatic carbocycles. The van der Waals surface area contributed by atoms with E-state index in [4.69, 9.17) is 5.11 Å². The molecule has 1 unspecified atom stereocenters. The van der Waals surface area contributed by atoms with E-state index < -0.39 is 12.1 Å². The molecule has 0 radical (unpaired) electrons. The van der Waals surface area contributed by atoms with Gasteiger partial charge in [0.25, 0.3) is 0 Å². The molecule has 0 saturated heterocycles. The van der Waals surface area contributed by atoms with E-state index in [2.05, 4.69) is 6.92 Å². The van der Waals surface area contributed by atoms with Gasteiger partial charge in [-0.15, -0.1) is 0 Å². The van der Waals surface area contributed by atoms with Gasteiger partial charge in [-0.3, -0.25) is 4.79 Å². The summed E-state index contributed by atoms with van der Waals surface area (Å²) in [6, 6.07) is 0. The van der Waals surface area contributed by atoms with Crippen LogP contribution in [0.1, 0.15) is 32.6 Å². The number of aliphatic carboxylic acids is 1. The normalized spacial score (nSPS) is 12.8. The van der Waals surface area contributed by atoms with Gasteiger partial charge in [0.1, 0.15) is 0 Å². The molecule has 2 N–H and O–H groups in total. The van der Waals surface area contributed by atoms with Crippen LogP contribution in [0.4, 0.5) is 0 Å². The fraction of sp³-hybridized carbons (Fsp3) is 0.889. The van der Waals surface area contributed by atoms with Crippen LogP contribution in [-0.4, -0.2) is 33.8 Å². The number of carbonyl (C=O) groups is 1. The number of rotatable bonds is 8. The smallest absolute Gasteiger partial charge is 0.305 e. The van der Waals surface area contributed by atoms with E-state index in [0.717, 1.165) is 17.9 Å². The van der Waals surface area contributed by atoms with Gasteiger partial charge in [-0.1, -0.05) is 6.92 Å². The summed E-state index contributed by atoms with van der Waals surface area (Å²) < 4.78 is 0. The zero-order valence-electron chi connectivity index (χ0n) is 8.03. The Kier molecular flexibility index (Phi) is 8.24. The van der Waals surface area contributed by atoms with Crippen LogP contribution in [0.3, 0.4) is 0 Å². The lowest BCUT2D eigenvalue weighted by molar-refractivity contribution is -0.139. The molecule has 0 aliphatic rings. The van der Waals surface area contributed by atoms with E-state index in [1.54, 1.807) is 0 Å². The van der Waals surface area contributed by atoms with Crippen LogP contribution < -0.4 is 0 Å². The van der Waals surface area contributed by atoms with Crippen molar-refractivity contribution in [3.05, 3.63) is 0 Å². The molecule has 0 aromatic heterocycles. The lowest BCUT2D eigenvalue weighted by Crippen LogP contribution is -2.12. The van der Waals surface area contributed by atoms with Crippen molar-refractivity contribution in [3.63, 3.8) is 0 Å². The zero-order valence-corrected chi connectivity index (χ0v) is 8.85. The minimum atomic E-state index is -0.922. The number of hydrogen-bond donors (Lipinski definition) is 2. The van der Waals surface area contributed by atoms with Crippen molar-refractivity contribution in [2.24, 2.45) is 0 Å². The number of carboxylic acids is 1. The summed E-state index contributed by atoms with van der Waals surface area (Å²) in [6.45, 7) is 2.13. The van der Waals surface area contributed by atoms with Crippen molar-refractivity contribution in [1.82, 2.24) is 0 Å². The van der Waals surface area contributed by atoms with Crippen molar-refractivity contribution in [3.8, 4) is 0 Å². The molecule has 13 heavy (non-hydrogen) atoms. The predicted molar refractivity (Wildman–Crippen MR) is 55.1 cm³/mol. The third-order valence-electron chi connectivity index (χ3n) is 1.58. The Balaban J connectivity index is 3.17. The third kappa shape index (κ3) is 9.70. The molecular weight excluding hydrogens is 188 g/mol. The van der Waals surface area contributed by atoms with Crippen LogP contribution in [0, 0.1) is 0 Å². The Hall–Kier alpha value is -0.220. The number of carboxylic acid groups (broad SMARTS) is 1. The van der Waals surface area contributed by atoms with Crippen LogP contribution >= 0.6 is 11.8 Å². The second-order valence-electron chi connectivity index (χ2n) is 3.01. The summed E-state index contributed by atoms with van der Waals surface area (Å²) in [6.07, 6.45) is 1.88. The largest absolute Gasteiger partial charge is 0.481 e. The minimum Gasteiger partial charge on any atom is -0.481 e. The van der Waals surface area contributed by atoms with E-state index in [1.807, 2.05) is 11.8 Å². The minimum absolute atomic E-state index is 0.127. The first-order valence-electron chi connectivity index (χ1n) is 4.64. The first-order valence-corrected chi connectivity index (χ1v) is 5.80. The highest BCUT2D eigenvalue weighted by Crippen LogP contribution is 2.09. The van der Waals surface area contributed by atoms with Crippen LogP contribution in [0.25, 0.3) is 0 Å². The molecule has 0 saturated carbocycles.